The molecule has 1 heterocycles. The van der Waals surface area contributed by atoms with E-state index in [4.69, 9.17) is 15.7 Å². The van der Waals surface area contributed by atoms with Gasteiger partial charge in [0.2, 0.25) is 0 Å². The Morgan fingerprint density at radius 2 is 2.10 bits per heavy atom. The first-order valence-electron chi connectivity index (χ1n) is 6.55. The number of hydrogen-bond acceptors (Lipinski definition) is 4. The summed E-state index contributed by atoms with van der Waals surface area (Å²) in [4.78, 5) is 0. The van der Waals surface area contributed by atoms with Gasteiger partial charge < -0.3 is 15.8 Å². The number of para-hydroxylation sites is 2. The highest BCUT2D eigenvalue weighted by atomic mass is 16.5. The molecule has 20 heavy (non-hydrogen) atoms. The van der Waals surface area contributed by atoms with Crippen molar-refractivity contribution in [2.45, 2.75) is 12.5 Å². The number of nitrogens with zero attached hydrogens (tertiary/aromatic N) is 1. The summed E-state index contributed by atoms with van der Waals surface area (Å²) in [6.07, 6.45) is 0.985. The summed E-state index contributed by atoms with van der Waals surface area (Å²) in [6, 6.07) is 15.6. The van der Waals surface area contributed by atoms with Crippen LogP contribution in [0.15, 0.2) is 42.5 Å². The molecule has 0 spiro atoms. The second kappa shape index (κ2) is 5.14. The van der Waals surface area contributed by atoms with Crippen molar-refractivity contribution in [1.29, 1.82) is 5.26 Å². The number of nitrogens with one attached hydrogen (secondary N) is 1. The monoisotopic (exact) mass is 265 g/mol. The molecule has 0 aromatic heterocycles. The standard InChI is InChI=1S/C16H15N3O/c17-9-12-5-3-6-14(16(12)18)19-10-13-8-11-4-1-2-7-15(11)20-13/h1-7,13,19H,8,10,18H2. The maximum Gasteiger partial charge on any atom is 0.123 e. The first-order valence-corrected chi connectivity index (χ1v) is 6.55. The van der Waals surface area contributed by atoms with E-state index in [-0.39, 0.29) is 6.10 Å². The van der Waals surface area contributed by atoms with Crippen LogP contribution in [-0.2, 0) is 6.42 Å². The van der Waals surface area contributed by atoms with Crippen molar-refractivity contribution in [3.63, 3.8) is 0 Å². The zero-order valence-corrected chi connectivity index (χ0v) is 11.0. The van der Waals surface area contributed by atoms with Crippen LogP contribution >= 0.6 is 0 Å². The number of nitrogens with two attached hydrogens (primary N) is 1. The third-order valence-electron chi connectivity index (χ3n) is 3.46. The van der Waals surface area contributed by atoms with Crippen LogP contribution in [0.1, 0.15) is 11.1 Å². The fraction of sp³-hybridized carbons (Fsp3) is 0.188. The molecule has 0 bridgehead atoms. The van der Waals surface area contributed by atoms with Gasteiger partial charge in [0.1, 0.15) is 17.9 Å². The van der Waals surface area contributed by atoms with Crippen LogP contribution in [0.25, 0.3) is 0 Å². The molecular formula is C16H15N3O. The van der Waals surface area contributed by atoms with Crippen LogP contribution in [0.2, 0.25) is 0 Å². The molecule has 0 saturated heterocycles. The predicted octanol–water partition coefficient (Wildman–Crippen LogP) is 2.56. The highest BCUT2D eigenvalue weighted by Crippen LogP contribution is 2.29. The molecule has 0 radical (unpaired) electrons. The maximum absolute atomic E-state index is 8.96. The fourth-order valence-corrected chi connectivity index (χ4v) is 2.41. The zero-order chi connectivity index (χ0) is 13.9. The van der Waals surface area contributed by atoms with Crippen LogP contribution in [0.5, 0.6) is 5.75 Å². The lowest BCUT2D eigenvalue weighted by Gasteiger charge is -2.14. The molecule has 1 atom stereocenters. The number of nitriles is 1. The smallest absolute Gasteiger partial charge is 0.123 e. The summed E-state index contributed by atoms with van der Waals surface area (Å²) >= 11 is 0. The number of nitrogen functional groups attached to an aromatic ring is 1. The zero-order valence-electron chi connectivity index (χ0n) is 11.0. The van der Waals surface area contributed by atoms with Gasteiger partial charge in [-0.15, -0.1) is 0 Å². The van der Waals surface area contributed by atoms with Crippen LogP contribution in [0, 0.1) is 11.3 Å². The first kappa shape index (κ1) is 12.4. The van der Waals surface area contributed by atoms with E-state index >= 15 is 0 Å². The van der Waals surface area contributed by atoms with Crippen molar-refractivity contribution >= 4 is 11.4 Å². The highest BCUT2D eigenvalue weighted by molar-refractivity contribution is 5.72. The van der Waals surface area contributed by atoms with Gasteiger partial charge in [-0.3, -0.25) is 0 Å². The summed E-state index contributed by atoms with van der Waals surface area (Å²) < 4.78 is 5.86. The minimum atomic E-state index is 0.0949. The van der Waals surface area contributed by atoms with Gasteiger partial charge in [0, 0.05) is 6.42 Å². The van der Waals surface area contributed by atoms with Gasteiger partial charge in [-0.25, -0.2) is 0 Å². The van der Waals surface area contributed by atoms with Crippen molar-refractivity contribution < 1.29 is 4.74 Å². The van der Waals surface area contributed by atoms with E-state index in [9.17, 15) is 0 Å². The molecule has 2 aromatic carbocycles. The lowest BCUT2D eigenvalue weighted by Crippen LogP contribution is -2.24. The van der Waals surface area contributed by atoms with Gasteiger partial charge in [0.15, 0.2) is 0 Å². The third-order valence-corrected chi connectivity index (χ3v) is 3.46. The largest absolute Gasteiger partial charge is 0.488 e. The van der Waals surface area contributed by atoms with Gasteiger partial charge in [0.25, 0.3) is 0 Å². The van der Waals surface area contributed by atoms with E-state index in [0.717, 1.165) is 17.9 Å². The number of rotatable bonds is 3. The normalized spacial score (nSPS) is 16.1. The Morgan fingerprint density at radius 3 is 2.90 bits per heavy atom. The van der Waals surface area contributed by atoms with Crippen molar-refractivity contribution in [2.24, 2.45) is 0 Å². The predicted molar refractivity (Wildman–Crippen MR) is 78.6 cm³/mol. The lowest BCUT2D eigenvalue weighted by molar-refractivity contribution is 0.246. The van der Waals surface area contributed by atoms with E-state index in [1.54, 1.807) is 6.07 Å². The Kier molecular flexibility index (Phi) is 3.18. The van der Waals surface area contributed by atoms with Crippen molar-refractivity contribution in [1.82, 2.24) is 0 Å². The molecule has 2 aromatic rings. The molecule has 1 aliphatic heterocycles. The first-order chi connectivity index (χ1) is 9.78. The van der Waals surface area contributed by atoms with Crippen LogP contribution in [-0.4, -0.2) is 12.6 Å². The van der Waals surface area contributed by atoms with Gasteiger partial charge in [-0.1, -0.05) is 24.3 Å². The van der Waals surface area contributed by atoms with Gasteiger partial charge >= 0.3 is 0 Å². The van der Waals surface area contributed by atoms with Crippen molar-refractivity contribution in [3.05, 3.63) is 53.6 Å². The molecule has 4 nitrogen and oxygen atoms in total. The SMILES string of the molecule is N#Cc1cccc(NCC2Cc3ccccc3O2)c1N. The lowest BCUT2D eigenvalue weighted by atomic mass is 10.1. The van der Waals surface area contributed by atoms with Crippen molar-refractivity contribution in [2.75, 3.05) is 17.6 Å². The molecule has 0 saturated carbocycles. The van der Waals surface area contributed by atoms with E-state index < -0.39 is 0 Å². The number of fused-ring (bicyclic) bond motifs is 1. The minimum absolute atomic E-state index is 0.0949. The molecule has 0 amide bonds. The molecular weight excluding hydrogens is 250 g/mol. The Hall–Kier alpha value is -2.67. The average molecular weight is 265 g/mol. The van der Waals surface area contributed by atoms with Gasteiger partial charge in [0.05, 0.1) is 23.5 Å². The molecule has 3 N–H and O–H groups in total. The Morgan fingerprint density at radius 1 is 1.25 bits per heavy atom. The molecule has 100 valence electrons. The summed E-state index contributed by atoms with van der Waals surface area (Å²) in [6.45, 7) is 0.660. The molecule has 0 aliphatic carbocycles. The van der Waals surface area contributed by atoms with E-state index in [1.807, 2.05) is 30.3 Å². The Labute approximate surface area is 117 Å². The number of ether oxygens (including phenoxy) is 1. The average Bonchev–Trinajstić information content (AvgIpc) is 2.89. The van der Waals surface area contributed by atoms with Crippen LogP contribution in [0.4, 0.5) is 11.4 Å². The summed E-state index contributed by atoms with van der Waals surface area (Å²) in [7, 11) is 0. The summed E-state index contributed by atoms with van der Waals surface area (Å²) in [5.41, 5.74) is 8.93. The third kappa shape index (κ3) is 2.26. The molecule has 1 aliphatic rings. The molecule has 3 rings (SSSR count). The number of benzene rings is 2. The maximum atomic E-state index is 8.96. The molecule has 1 unspecified atom stereocenters. The molecule has 4 heteroatoms. The fourth-order valence-electron chi connectivity index (χ4n) is 2.41. The second-order valence-electron chi connectivity index (χ2n) is 4.81. The Bertz CT molecular complexity index is 651. The van der Waals surface area contributed by atoms with Crippen molar-refractivity contribution in [3.8, 4) is 11.8 Å². The van der Waals surface area contributed by atoms with E-state index in [2.05, 4.69) is 17.5 Å². The summed E-state index contributed by atoms with van der Waals surface area (Å²) in [5.74, 6) is 0.957. The van der Waals surface area contributed by atoms with E-state index in [1.165, 1.54) is 5.56 Å². The van der Waals surface area contributed by atoms with E-state index in [0.29, 0.717) is 17.8 Å². The highest BCUT2D eigenvalue weighted by Gasteiger charge is 2.22. The van der Waals surface area contributed by atoms with Crippen LogP contribution in [0.3, 0.4) is 0 Å². The number of anilines is 2. The van der Waals surface area contributed by atoms with Gasteiger partial charge in [-0.05, 0) is 23.8 Å². The van der Waals surface area contributed by atoms with Crippen LogP contribution < -0.4 is 15.8 Å². The topological polar surface area (TPSA) is 71.1 Å². The van der Waals surface area contributed by atoms with Gasteiger partial charge in [-0.2, -0.15) is 5.26 Å². The number of hydrogen-bond donors (Lipinski definition) is 2. The second-order valence-corrected chi connectivity index (χ2v) is 4.81. The molecule has 0 fully saturated rings. The summed E-state index contributed by atoms with van der Waals surface area (Å²) in [5, 5.41) is 12.2. The quantitative estimate of drug-likeness (QED) is 0.837. The Balaban J connectivity index is 1.66. The minimum Gasteiger partial charge on any atom is -0.488 e.